The molecule has 0 radical (unpaired) electrons. The maximum Gasteiger partial charge on any atom is 0.251 e. The Morgan fingerprint density at radius 3 is 2.82 bits per heavy atom. The van der Waals surface area contributed by atoms with Crippen molar-refractivity contribution in [3.63, 3.8) is 0 Å². The fourth-order valence-corrected chi connectivity index (χ4v) is 3.18. The van der Waals surface area contributed by atoms with Crippen LogP contribution < -0.4 is 14.8 Å². The van der Waals surface area contributed by atoms with E-state index in [2.05, 4.69) is 15.3 Å². The minimum absolute atomic E-state index is 0.0989. The number of halogens is 1. The van der Waals surface area contributed by atoms with Gasteiger partial charge < -0.3 is 14.8 Å². The Bertz CT molecular complexity index is 1010. The minimum atomic E-state index is -0.577. The number of ether oxygens (including phenoxy) is 2. The number of nitrogens with one attached hydrogen (secondary N) is 1. The number of para-hydroxylation sites is 1. The van der Waals surface area contributed by atoms with Crippen molar-refractivity contribution in [1.29, 1.82) is 0 Å². The fraction of sp³-hybridized carbons (Fsp3) is 0.190. The third kappa shape index (κ3) is 3.51. The van der Waals surface area contributed by atoms with Gasteiger partial charge >= 0.3 is 0 Å². The quantitative estimate of drug-likeness (QED) is 0.738. The number of carbonyl (C=O) groups is 1. The second kappa shape index (κ2) is 7.64. The molecule has 0 fully saturated rings. The van der Waals surface area contributed by atoms with E-state index in [0.717, 1.165) is 22.9 Å². The summed E-state index contributed by atoms with van der Waals surface area (Å²) in [6.07, 6.45) is 3.81. The Hall–Kier alpha value is -3.48. The molecule has 0 bridgehead atoms. The van der Waals surface area contributed by atoms with Crippen molar-refractivity contribution < 1.29 is 18.7 Å². The number of nitrogens with zero attached hydrogens (tertiary/aromatic N) is 2. The van der Waals surface area contributed by atoms with Gasteiger partial charge in [-0.2, -0.15) is 0 Å². The lowest BCUT2D eigenvalue weighted by molar-refractivity contribution is 0.0933. The molecule has 0 saturated carbocycles. The lowest BCUT2D eigenvalue weighted by atomic mass is 10.1. The van der Waals surface area contributed by atoms with Crippen LogP contribution in [0.15, 0.2) is 54.9 Å². The molecule has 0 unspecified atom stereocenters. The Labute approximate surface area is 161 Å². The number of hydrogen-bond acceptors (Lipinski definition) is 5. The highest BCUT2D eigenvalue weighted by Crippen LogP contribution is 2.37. The monoisotopic (exact) mass is 379 g/mol. The number of aromatic nitrogens is 2. The minimum Gasteiger partial charge on any atom is -0.494 e. The first-order chi connectivity index (χ1) is 13.7. The van der Waals surface area contributed by atoms with E-state index in [-0.39, 0.29) is 23.3 Å². The van der Waals surface area contributed by atoms with Crippen molar-refractivity contribution in [2.45, 2.75) is 12.5 Å². The first-order valence-corrected chi connectivity index (χ1v) is 8.83. The highest BCUT2D eigenvalue weighted by atomic mass is 19.1. The molecule has 2 heterocycles. The van der Waals surface area contributed by atoms with Crippen molar-refractivity contribution in [3.05, 3.63) is 71.8 Å². The van der Waals surface area contributed by atoms with Crippen molar-refractivity contribution in [1.82, 2.24) is 15.3 Å². The number of fused-ring (bicyclic) bond motifs is 1. The van der Waals surface area contributed by atoms with Gasteiger partial charge in [-0.1, -0.05) is 12.1 Å². The molecular weight excluding hydrogens is 361 g/mol. The Balaban J connectivity index is 1.43. The summed E-state index contributed by atoms with van der Waals surface area (Å²) in [5.74, 6) is 0.489. The van der Waals surface area contributed by atoms with Gasteiger partial charge in [-0.05, 0) is 35.9 Å². The highest BCUT2D eigenvalue weighted by molar-refractivity contribution is 5.94. The van der Waals surface area contributed by atoms with Gasteiger partial charge in [0.2, 0.25) is 0 Å². The first-order valence-electron chi connectivity index (χ1n) is 8.83. The maximum absolute atomic E-state index is 13.8. The molecule has 3 aromatic rings. The lowest BCUT2D eigenvalue weighted by Crippen LogP contribution is -2.34. The van der Waals surface area contributed by atoms with E-state index in [9.17, 15) is 9.18 Å². The van der Waals surface area contributed by atoms with Gasteiger partial charge in [0.25, 0.3) is 5.91 Å². The third-order valence-electron chi connectivity index (χ3n) is 4.54. The van der Waals surface area contributed by atoms with Crippen molar-refractivity contribution in [2.24, 2.45) is 0 Å². The van der Waals surface area contributed by atoms with E-state index >= 15 is 0 Å². The number of carbonyl (C=O) groups excluding carboxylic acids is 1. The molecule has 0 spiro atoms. The van der Waals surface area contributed by atoms with E-state index in [4.69, 9.17) is 9.47 Å². The van der Waals surface area contributed by atoms with Crippen molar-refractivity contribution >= 4 is 5.91 Å². The number of benzene rings is 2. The molecule has 1 aromatic heterocycles. The van der Waals surface area contributed by atoms with Gasteiger partial charge in [0, 0.05) is 24.4 Å². The highest BCUT2D eigenvalue weighted by Gasteiger charge is 2.27. The van der Waals surface area contributed by atoms with Gasteiger partial charge in [0.15, 0.2) is 17.4 Å². The van der Waals surface area contributed by atoms with Crippen LogP contribution in [0.2, 0.25) is 0 Å². The summed E-state index contributed by atoms with van der Waals surface area (Å²) in [5.41, 5.74) is 2.09. The molecule has 1 atom stereocenters. The Morgan fingerprint density at radius 1 is 1.25 bits per heavy atom. The van der Waals surface area contributed by atoms with Crippen LogP contribution >= 0.6 is 0 Å². The van der Waals surface area contributed by atoms with Gasteiger partial charge in [-0.15, -0.1) is 0 Å². The average Bonchev–Trinajstić information content (AvgIpc) is 3.15. The van der Waals surface area contributed by atoms with Gasteiger partial charge in [-0.3, -0.25) is 4.79 Å². The molecule has 2 aromatic carbocycles. The molecule has 7 heteroatoms. The average molecular weight is 379 g/mol. The molecular formula is C21H18FN3O3. The Kier molecular flexibility index (Phi) is 4.89. The van der Waals surface area contributed by atoms with Crippen LogP contribution in [0.1, 0.15) is 15.9 Å². The van der Waals surface area contributed by atoms with Crippen LogP contribution in [0, 0.1) is 5.82 Å². The molecule has 4 rings (SSSR count). The van der Waals surface area contributed by atoms with Crippen molar-refractivity contribution in [2.75, 3.05) is 13.7 Å². The van der Waals surface area contributed by atoms with E-state index in [1.807, 2.05) is 18.2 Å². The van der Waals surface area contributed by atoms with E-state index in [0.29, 0.717) is 18.8 Å². The summed E-state index contributed by atoms with van der Waals surface area (Å²) < 4.78 is 24.7. The van der Waals surface area contributed by atoms with Crippen LogP contribution in [0.5, 0.6) is 11.5 Å². The van der Waals surface area contributed by atoms with E-state index in [1.165, 1.54) is 19.2 Å². The fourth-order valence-electron chi connectivity index (χ4n) is 3.18. The van der Waals surface area contributed by atoms with Gasteiger partial charge in [0.05, 0.1) is 19.2 Å². The SMILES string of the molecule is COc1ccc(C(=O)NC[C@@H]2Cc3cccc(-c4ncccn4)c3O2)cc1F. The third-order valence-corrected chi connectivity index (χ3v) is 4.54. The van der Waals surface area contributed by atoms with E-state index in [1.54, 1.807) is 18.5 Å². The molecule has 1 aliphatic rings. The smallest absolute Gasteiger partial charge is 0.251 e. The molecule has 1 amide bonds. The van der Waals surface area contributed by atoms with Crippen LogP contribution in [0.25, 0.3) is 11.4 Å². The molecule has 1 aliphatic heterocycles. The predicted octanol–water partition coefficient (Wildman–Crippen LogP) is 3.02. The second-order valence-corrected chi connectivity index (χ2v) is 6.37. The standard InChI is InChI=1S/C21H18FN3O3/c1-27-18-7-6-14(11-17(18)22)21(26)25-12-15-10-13-4-2-5-16(19(13)28-15)20-23-8-3-9-24-20/h2-9,11,15H,10,12H2,1H3,(H,25,26)/t15-/m0/s1. The number of rotatable bonds is 5. The molecule has 142 valence electrons. The largest absolute Gasteiger partial charge is 0.494 e. The van der Waals surface area contributed by atoms with Gasteiger partial charge in [0.1, 0.15) is 11.9 Å². The molecule has 0 aliphatic carbocycles. The Morgan fingerprint density at radius 2 is 2.07 bits per heavy atom. The van der Waals surface area contributed by atoms with Crippen LogP contribution in [0.3, 0.4) is 0 Å². The summed E-state index contributed by atoms with van der Waals surface area (Å²) in [5, 5.41) is 2.80. The van der Waals surface area contributed by atoms with Crippen molar-refractivity contribution in [3.8, 4) is 22.9 Å². The maximum atomic E-state index is 13.8. The van der Waals surface area contributed by atoms with E-state index < -0.39 is 5.82 Å². The summed E-state index contributed by atoms with van der Waals surface area (Å²) in [7, 11) is 1.38. The lowest BCUT2D eigenvalue weighted by Gasteiger charge is -2.13. The summed E-state index contributed by atoms with van der Waals surface area (Å²) in [4.78, 5) is 20.9. The second-order valence-electron chi connectivity index (χ2n) is 6.37. The molecule has 28 heavy (non-hydrogen) atoms. The zero-order valence-electron chi connectivity index (χ0n) is 15.2. The topological polar surface area (TPSA) is 73.3 Å². The predicted molar refractivity (Wildman–Crippen MR) is 101 cm³/mol. The zero-order valence-corrected chi connectivity index (χ0v) is 15.2. The zero-order chi connectivity index (χ0) is 19.5. The summed E-state index contributed by atoms with van der Waals surface area (Å²) in [6, 6.07) is 11.7. The van der Waals surface area contributed by atoms with Crippen LogP contribution in [-0.4, -0.2) is 35.6 Å². The number of methoxy groups -OCH3 is 1. The number of hydrogen-bond donors (Lipinski definition) is 1. The normalized spacial score (nSPS) is 14.9. The first kappa shape index (κ1) is 17.9. The van der Waals surface area contributed by atoms with Crippen LogP contribution in [-0.2, 0) is 6.42 Å². The number of amides is 1. The molecule has 0 saturated heterocycles. The molecule has 1 N–H and O–H groups in total. The molecule has 6 nitrogen and oxygen atoms in total. The summed E-state index contributed by atoms with van der Waals surface area (Å²) >= 11 is 0. The van der Waals surface area contributed by atoms with Gasteiger partial charge in [-0.25, -0.2) is 14.4 Å². The van der Waals surface area contributed by atoms with Crippen LogP contribution in [0.4, 0.5) is 4.39 Å². The summed E-state index contributed by atoms with van der Waals surface area (Å²) in [6.45, 7) is 0.302.